The van der Waals surface area contributed by atoms with Crippen LogP contribution in [0.1, 0.15) is 6.42 Å². The Hall–Kier alpha value is -0.770. The molecule has 0 saturated heterocycles. The van der Waals surface area contributed by atoms with E-state index in [2.05, 4.69) is 5.32 Å². The monoisotopic (exact) mass is 145 g/mol. The molecule has 9 heavy (non-hydrogen) atoms. The maximum atomic E-state index is 10.2. The van der Waals surface area contributed by atoms with E-state index in [0.717, 1.165) is 0 Å². The summed E-state index contributed by atoms with van der Waals surface area (Å²) in [4.78, 5) is 0.525. The van der Waals surface area contributed by atoms with Gasteiger partial charge < -0.3 is 5.32 Å². The van der Waals surface area contributed by atoms with Crippen LogP contribution in [0.15, 0.2) is 12.3 Å². The van der Waals surface area contributed by atoms with Crippen molar-refractivity contribution < 1.29 is 8.42 Å². The minimum Gasteiger partial charge on any atom is -0.386 e. The molecule has 0 aromatic heterocycles. The molecule has 0 saturated carbocycles. The molecule has 4 heteroatoms. The molecule has 0 amide bonds. The van der Waals surface area contributed by atoms with Crippen LogP contribution in [0.3, 0.4) is 0 Å². The van der Waals surface area contributed by atoms with E-state index in [1.165, 1.54) is 0 Å². The first kappa shape index (κ1) is 6.35. The maximum absolute atomic E-state index is 10.2. The summed E-state index contributed by atoms with van der Waals surface area (Å²) >= 11 is 0. The lowest BCUT2D eigenvalue weighted by Gasteiger charge is -2.04. The van der Waals surface area contributed by atoms with Crippen LogP contribution in [0.5, 0.6) is 0 Å². The average Bonchev–Trinajstić information content (AvgIpc) is 1.90. The van der Waals surface area contributed by atoms with Gasteiger partial charge in [0.2, 0.25) is 10.3 Å². The highest BCUT2D eigenvalue weighted by atomic mass is 32.2. The largest absolute Gasteiger partial charge is 0.386 e. The van der Waals surface area contributed by atoms with E-state index in [4.69, 9.17) is 0 Å². The first-order valence-corrected chi connectivity index (χ1v) is 3.70. The van der Waals surface area contributed by atoms with E-state index in [1.807, 2.05) is 0 Å². The van der Waals surface area contributed by atoms with Gasteiger partial charge in [0.15, 0.2) is 0 Å². The average molecular weight is 145 g/mol. The third-order valence-electron chi connectivity index (χ3n) is 1.12. The predicted octanol–water partition coefficient (Wildman–Crippen LogP) is -0.455. The smallest absolute Gasteiger partial charge is 0.215 e. The number of hydrogen-bond acceptors (Lipinski definition) is 3. The number of nitrogens with one attached hydrogen (secondary N) is 1. The third-order valence-corrected chi connectivity index (χ3v) is 1.90. The topological polar surface area (TPSA) is 46.2 Å². The second-order valence-corrected chi connectivity index (χ2v) is 2.81. The van der Waals surface area contributed by atoms with E-state index in [-0.39, 0.29) is 0 Å². The Labute approximate surface area is 54.9 Å². The maximum Gasteiger partial charge on any atom is 0.215 e. The van der Waals surface area contributed by atoms with E-state index in [9.17, 15) is 8.42 Å². The van der Waals surface area contributed by atoms with Crippen molar-refractivity contribution in [2.24, 2.45) is 0 Å². The van der Waals surface area contributed by atoms with Crippen LogP contribution < -0.4 is 5.32 Å². The van der Waals surface area contributed by atoms with Gasteiger partial charge in [-0.2, -0.15) is 8.42 Å². The van der Waals surface area contributed by atoms with Crippen LogP contribution in [0.2, 0.25) is 0 Å². The Morgan fingerprint density at radius 1 is 1.56 bits per heavy atom. The Kier molecular flexibility index (Phi) is 1.89. The van der Waals surface area contributed by atoms with E-state index in [1.54, 1.807) is 12.3 Å². The SMILES string of the molecule is O=S(=O)=C1CC=CNC1. The Morgan fingerprint density at radius 3 is 2.67 bits per heavy atom. The molecule has 50 valence electrons. The van der Waals surface area contributed by atoms with Crippen molar-refractivity contribution in [1.82, 2.24) is 5.32 Å². The zero-order valence-corrected chi connectivity index (χ0v) is 5.61. The third kappa shape index (κ3) is 1.57. The highest BCUT2D eigenvalue weighted by molar-refractivity contribution is 7.73. The van der Waals surface area contributed by atoms with Crippen LogP contribution in [0, 0.1) is 0 Å². The summed E-state index contributed by atoms with van der Waals surface area (Å²) in [6.07, 6.45) is 4.11. The van der Waals surface area contributed by atoms with Crippen LogP contribution in [-0.4, -0.2) is 19.8 Å². The molecule has 1 rings (SSSR count). The molecule has 0 unspecified atom stereocenters. The summed E-state index contributed by atoms with van der Waals surface area (Å²) in [7, 11) is -2.00. The number of rotatable bonds is 0. The molecule has 1 aliphatic heterocycles. The Bertz CT molecular complexity index is 242. The first-order chi connectivity index (χ1) is 4.30. The van der Waals surface area contributed by atoms with Gasteiger partial charge >= 0.3 is 0 Å². The molecule has 1 N–H and O–H groups in total. The van der Waals surface area contributed by atoms with E-state index < -0.39 is 10.3 Å². The molecule has 1 heterocycles. The molecule has 0 aromatic carbocycles. The van der Waals surface area contributed by atoms with Crippen LogP contribution in [0.4, 0.5) is 0 Å². The van der Waals surface area contributed by atoms with Gasteiger partial charge in [0.05, 0.1) is 11.4 Å². The van der Waals surface area contributed by atoms with Crippen LogP contribution >= 0.6 is 0 Å². The van der Waals surface area contributed by atoms with Gasteiger partial charge in [-0.25, -0.2) is 0 Å². The lowest BCUT2D eigenvalue weighted by molar-refractivity contribution is 0.626. The first-order valence-electron chi connectivity index (χ1n) is 2.63. The summed E-state index contributed by atoms with van der Waals surface area (Å²) in [5.74, 6) is 0. The van der Waals surface area contributed by atoms with Gasteiger partial charge in [-0.1, -0.05) is 6.08 Å². The molecule has 1 aliphatic rings. The van der Waals surface area contributed by atoms with E-state index in [0.29, 0.717) is 17.8 Å². The van der Waals surface area contributed by atoms with Gasteiger partial charge in [-0.05, 0) is 6.20 Å². The van der Waals surface area contributed by atoms with Gasteiger partial charge in [0, 0.05) is 6.42 Å². The molecule has 0 spiro atoms. The van der Waals surface area contributed by atoms with Gasteiger partial charge in [-0.3, -0.25) is 0 Å². The second-order valence-electron chi connectivity index (χ2n) is 1.76. The van der Waals surface area contributed by atoms with Crippen molar-refractivity contribution in [2.75, 3.05) is 6.54 Å². The van der Waals surface area contributed by atoms with Crippen molar-refractivity contribution in [1.29, 1.82) is 0 Å². The summed E-state index contributed by atoms with van der Waals surface area (Å²) in [6, 6.07) is 0. The van der Waals surface area contributed by atoms with Gasteiger partial charge in [0.1, 0.15) is 0 Å². The second kappa shape index (κ2) is 2.68. The molecule has 0 fully saturated rings. The highest BCUT2D eigenvalue weighted by Crippen LogP contribution is 1.90. The summed E-state index contributed by atoms with van der Waals surface area (Å²) < 4.78 is 20.5. The molecular formula is C5H7NO2S. The summed E-state index contributed by atoms with van der Waals surface area (Å²) in [6.45, 7) is 0.465. The normalized spacial score (nSPS) is 17.1. The Balaban J connectivity index is 2.89. The van der Waals surface area contributed by atoms with Crippen LogP contribution in [0.25, 0.3) is 0 Å². The molecular weight excluding hydrogens is 138 g/mol. The lowest BCUT2D eigenvalue weighted by atomic mass is 10.2. The summed E-state index contributed by atoms with van der Waals surface area (Å²) in [5.41, 5.74) is 0. The quantitative estimate of drug-likeness (QED) is 0.469. The molecule has 3 nitrogen and oxygen atoms in total. The Morgan fingerprint density at radius 2 is 2.33 bits per heavy atom. The minimum atomic E-state index is -2.00. The molecule has 0 aliphatic carbocycles. The fourth-order valence-electron chi connectivity index (χ4n) is 0.646. The van der Waals surface area contributed by atoms with Crippen LogP contribution in [-0.2, 0) is 10.3 Å². The lowest BCUT2D eigenvalue weighted by Crippen LogP contribution is -2.21. The molecule has 0 bridgehead atoms. The van der Waals surface area contributed by atoms with Gasteiger partial charge in [0.25, 0.3) is 0 Å². The van der Waals surface area contributed by atoms with Crippen molar-refractivity contribution in [3.63, 3.8) is 0 Å². The number of hydrogen-bond donors (Lipinski definition) is 1. The molecule has 0 atom stereocenters. The standard InChI is InChI=1S/C5H7NO2S/c7-9(8)5-2-1-3-6-4-5/h1,3,6H,2,4H2. The van der Waals surface area contributed by atoms with Crippen molar-refractivity contribution in [2.45, 2.75) is 6.42 Å². The predicted molar refractivity (Wildman–Crippen MR) is 35.7 cm³/mol. The van der Waals surface area contributed by atoms with Crippen molar-refractivity contribution in [3.8, 4) is 0 Å². The zero-order chi connectivity index (χ0) is 6.69. The van der Waals surface area contributed by atoms with Crippen molar-refractivity contribution >= 4 is 15.2 Å². The van der Waals surface area contributed by atoms with Crippen molar-refractivity contribution in [3.05, 3.63) is 12.3 Å². The molecule has 0 aromatic rings. The zero-order valence-electron chi connectivity index (χ0n) is 4.79. The number of allylic oxidation sites excluding steroid dienone is 1. The van der Waals surface area contributed by atoms with E-state index >= 15 is 0 Å². The minimum absolute atomic E-state index is 0.465. The van der Waals surface area contributed by atoms with Gasteiger partial charge in [-0.15, -0.1) is 0 Å². The highest BCUT2D eigenvalue weighted by Gasteiger charge is 2.00. The fourth-order valence-corrected chi connectivity index (χ4v) is 1.08. The molecule has 0 radical (unpaired) electrons. The summed E-state index contributed by atoms with van der Waals surface area (Å²) in [5, 5.41) is 2.81. The fraction of sp³-hybridized carbons (Fsp3) is 0.400.